The topological polar surface area (TPSA) is 74.7 Å². The standard InChI is InChI=1S/C17H19NO4S/c1-4-18(14-8-6-5-7-9-14)23(21,22)16-11-15(17(19)20)12(2)10-13(16)3/h5-11H,4H2,1-3H3,(H,19,20). The van der Waals surface area contributed by atoms with E-state index in [1.807, 2.05) is 6.07 Å². The van der Waals surface area contributed by atoms with Gasteiger partial charge in [0, 0.05) is 6.54 Å². The van der Waals surface area contributed by atoms with Crippen molar-refractivity contribution < 1.29 is 18.3 Å². The molecule has 0 aliphatic rings. The maximum atomic E-state index is 13.0. The molecule has 0 aromatic heterocycles. The third-order valence-electron chi connectivity index (χ3n) is 3.65. The van der Waals surface area contributed by atoms with Crippen LogP contribution >= 0.6 is 0 Å². The maximum absolute atomic E-state index is 13.0. The van der Waals surface area contributed by atoms with E-state index >= 15 is 0 Å². The molecule has 6 heteroatoms. The summed E-state index contributed by atoms with van der Waals surface area (Å²) in [6.07, 6.45) is 0. The molecule has 2 aromatic rings. The zero-order valence-corrected chi connectivity index (χ0v) is 14.1. The van der Waals surface area contributed by atoms with Crippen LogP contribution in [-0.2, 0) is 10.0 Å². The predicted molar refractivity (Wildman–Crippen MR) is 89.5 cm³/mol. The molecule has 0 saturated carbocycles. The summed E-state index contributed by atoms with van der Waals surface area (Å²) in [7, 11) is -3.84. The summed E-state index contributed by atoms with van der Waals surface area (Å²) in [4.78, 5) is 11.3. The molecule has 0 heterocycles. The van der Waals surface area contributed by atoms with E-state index in [1.165, 1.54) is 10.4 Å². The van der Waals surface area contributed by atoms with Crippen LogP contribution in [0.1, 0.15) is 28.4 Å². The van der Waals surface area contributed by atoms with Crippen molar-refractivity contribution in [2.45, 2.75) is 25.7 Å². The molecule has 0 aliphatic carbocycles. The fourth-order valence-corrected chi connectivity index (χ4v) is 4.25. The van der Waals surface area contributed by atoms with Gasteiger partial charge >= 0.3 is 5.97 Å². The minimum absolute atomic E-state index is 0.00158. The van der Waals surface area contributed by atoms with Crippen molar-refractivity contribution in [1.82, 2.24) is 0 Å². The number of carboxylic acid groups (broad SMARTS) is 1. The van der Waals surface area contributed by atoms with Crippen molar-refractivity contribution in [3.63, 3.8) is 0 Å². The molecule has 23 heavy (non-hydrogen) atoms. The van der Waals surface area contributed by atoms with E-state index in [2.05, 4.69) is 0 Å². The summed E-state index contributed by atoms with van der Waals surface area (Å²) in [6.45, 7) is 5.32. The van der Waals surface area contributed by atoms with E-state index in [1.54, 1.807) is 51.1 Å². The Kier molecular flexibility index (Phi) is 4.75. The molecule has 2 rings (SSSR count). The molecule has 0 aliphatic heterocycles. The van der Waals surface area contributed by atoms with Gasteiger partial charge in [0.2, 0.25) is 0 Å². The van der Waals surface area contributed by atoms with Crippen molar-refractivity contribution in [2.75, 3.05) is 10.8 Å². The van der Waals surface area contributed by atoms with Crippen LogP contribution in [0.15, 0.2) is 47.4 Å². The summed E-state index contributed by atoms with van der Waals surface area (Å²) in [5.74, 6) is -1.14. The van der Waals surface area contributed by atoms with Crippen LogP contribution in [-0.4, -0.2) is 26.0 Å². The second kappa shape index (κ2) is 6.42. The van der Waals surface area contributed by atoms with Gasteiger partial charge in [-0.2, -0.15) is 0 Å². The van der Waals surface area contributed by atoms with Gasteiger partial charge < -0.3 is 5.11 Å². The lowest BCUT2D eigenvalue weighted by Gasteiger charge is -2.24. The van der Waals surface area contributed by atoms with Gasteiger partial charge in [-0.3, -0.25) is 4.31 Å². The number of carbonyl (C=O) groups is 1. The van der Waals surface area contributed by atoms with Gasteiger partial charge in [0.25, 0.3) is 10.0 Å². The number of aromatic carboxylic acids is 1. The number of nitrogens with zero attached hydrogens (tertiary/aromatic N) is 1. The Bertz CT molecular complexity index is 829. The Hall–Kier alpha value is -2.34. The third-order valence-corrected chi connectivity index (χ3v) is 5.70. The fraction of sp³-hybridized carbons (Fsp3) is 0.235. The average molecular weight is 333 g/mol. The quantitative estimate of drug-likeness (QED) is 0.911. The highest BCUT2D eigenvalue weighted by atomic mass is 32.2. The number of hydrogen-bond donors (Lipinski definition) is 1. The molecule has 0 radical (unpaired) electrons. The third kappa shape index (κ3) is 3.22. The zero-order chi connectivity index (χ0) is 17.2. The highest BCUT2D eigenvalue weighted by Gasteiger charge is 2.27. The first-order valence-corrected chi connectivity index (χ1v) is 8.65. The lowest BCUT2D eigenvalue weighted by atomic mass is 10.1. The minimum Gasteiger partial charge on any atom is -0.478 e. The van der Waals surface area contributed by atoms with Gasteiger partial charge in [0.15, 0.2) is 0 Å². The second-order valence-corrected chi connectivity index (χ2v) is 7.07. The first kappa shape index (κ1) is 17.0. The summed E-state index contributed by atoms with van der Waals surface area (Å²) in [5.41, 5.74) is 1.61. The number of aryl methyl sites for hydroxylation is 2. The van der Waals surface area contributed by atoms with Crippen molar-refractivity contribution in [3.8, 4) is 0 Å². The monoisotopic (exact) mass is 333 g/mol. The number of anilines is 1. The van der Waals surface area contributed by atoms with Crippen LogP contribution in [0.25, 0.3) is 0 Å². The van der Waals surface area contributed by atoms with Crippen LogP contribution in [0.4, 0.5) is 5.69 Å². The number of para-hydroxylation sites is 1. The van der Waals surface area contributed by atoms with Gasteiger partial charge in [-0.15, -0.1) is 0 Å². The number of carboxylic acids is 1. The molecule has 0 atom stereocenters. The number of sulfonamides is 1. The van der Waals surface area contributed by atoms with E-state index in [0.717, 1.165) is 0 Å². The molecule has 0 fully saturated rings. The Morgan fingerprint density at radius 1 is 1.09 bits per heavy atom. The number of benzene rings is 2. The van der Waals surface area contributed by atoms with Crippen molar-refractivity contribution >= 4 is 21.7 Å². The SMILES string of the molecule is CCN(c1ccccc1)S(=O)(=O)c1cc(C(=O)O)c(C)cc1C. The molecule has 0 bridgehead atoms. The predicted octanol–water partition coefficient (Wildman–Crippen LogP) is 3.22. The van der Waals surface area contributed by atoms with Gasteiger partial charge in [0.1, 0.15) is 0 Å². The Morgan fingerprint density at radius 3 is 2.22 bits per heavy atom. The molecule has 5 nitrogen and oxygen atoms in total. The summed E-state index contributed by atoms with van der Waals surface area (Å²) >= 11 is 0. The van der Waals surface area contributed by atoms with Crippen LogP contribution < -0.4 is 4.31 Å². The summed E-state index contributed by atoms with van der Waals surface area (Å²) in [6, 6.07) is 11.6. The maximum Gasteiger partial charge on any atom is 0.335 e. The zero-order valence-electron chi connectivity index (χ0n) is 13.3. The smallest absolute Gasteiger partial charge is 0.335 e. The van der Waals surface area contributed by atoms with Gasteiger partial charge in [-0.05, 0) is 50.1 Å². The lowest BCUT2D eigenvalue weighted by molar-refractivity contribution is 0.0696. The van der Waals surface area contributed by atoms with E-state index in [0.29, 0.717) is 16.8 Å². The van der Waals surface area contributed by atoms with E-state index in [-0.39, 0.29) is 17.0 Å². The Morgan fingerprint density at radius 2 is 1.70 bits per heavy atom. The molecule has 0 unspecified atom stereocenters. The van der Waals surface area contributed by atoms with E-state index in [9.17, 15) is 18.3 Å². The van der Waals surface area contributed by atoms with Crippen LogP contribution in [0.3, 0.4) is 0 Å². The molecular weight excluding hydrogens is 314 g/mol. The van der Waals surface area contributed by atoms with Crippen LogP contribution in [0.5, 0.6) is 0 Å². The summed E-state index contributed by atoms with van der Waals surface area (Å²) in [5, 5.41) is 9.25. The minimum atomic E-state index is -3.84. The Balaban J connectivity index is 2.63. The van der Waals surface area contributed by atoms with Crippen LogP contribution in [0, 0.1) is 13.8 Å². The largest absolute Gasteiger partial charge is 0.478 e. The van der Waals surface area contributed by atoms with Crippen molar-refractivity contribution in [1.29, 1.82) is 0 Å². The first-order valence-electron chi connectivity index (χ1n) is 7.21. The summed E-state index contributed by atoms with van der Waals surface area (Å²) < 4.78 is 27.3. The van der Waals surface area contributed by atoms with Crippen molar-refractivity contribution in [2.24, 2.45) is 0 Å². The number of rotatable bonds is 5. The van der Waals surface area contributed by atoms with Gasteiger partial charge in [0.05, 0.1) is 16.1 Å². The molecule has 0 spiro atoms. The lowest BCUT2D eigenvalue weighted by Crippen LogP contribution is -2.31. The van der Waals surface area contributed by atoms with Gasteiger partial charge in [-0.25, -0.2) is 13.2 Å². The highest BCUT2D eigenvalue weighted by molar-refractivity contribution is 7.92. The van der Waals surface area contributed by atoms with E-state index < -0.39 is 16.0 Å². The molecule has 0 amide bonds. The van der Waals surface area contributed by atoms with Crippen molar-refractivity contribution in [3.05, 3.63) is 59.2 Å². The molecule has 2 aromatic carbocycles. The van der Waals surface area contributed by atoms with E-state index in [4.69, 9.17) is 0 Å². The van der Waals surface area contributed by atoms with Crippen LogP contribution in [0.2, 0.25) is 0 Å². The highest BCUT2D eigenvalue weighted by Crippen LogP contribution is 2.27. The normalized spacial score (nSPS) is 11.3. The first-order chi connectivity index (χ1) is 10.8. The van der Waals surface area contributed by atoms with Gasteiger partial charge in [-0.1, -0.05) is 24.3 Å². The molecule has 122 valence electrons. The second-order valence-electron chi connectivity index (χ2n) is 5.24. The number of hydrogen-bond acceptors (Lipinski definition) is 3. The Labute approximate surface area is 136 Å². The fourth-order valence-electron chi connectivity index (χ4n) is 2.55. The average Bonchev–Trinajstić information content (AvgIpc) is 2.48. The molecular formula is C17H19NO4S. The molecule has 1 N–H and O–H groups in total. The molecule has 0 saturated heterocycles.